The number of hydrogen-bond acceptors (Lipinski definition) is 3. The molecule has 2 amide bonds. The third kappa shape index (κ3) is 5.27. The van der Waals surface area contributed by atoms with Crippen LogP contribution in [-0.2, 0) is 0 Å². The fourth-order valence-corrected chi connectivity index (χ4v) is 2.98. The molecule has 3 aromatic carbocycles. The van der Waals surface area contributed by atoms with E-state index >= 15 is 0 Å². The summed E-state index contributed by atoms with van der Waals surface area (Å²) < 4.78 is 0. The van der Waals surface area contributed by atoms with Crippen LogP contribution in [0.3, 0.4) is 0 Å². The van der Waals surface area contributed by atoms with Crippen molar-refractivity contribution in [3.05, 3.63) is 90.0 Å². The van der Waals surface area contributed by atoms with Crippen LogP contribution < -0.4 is 10.6 Å². The van der Waals surface area contributed by atoms with Crippen LogP contribution in [0.2, 0.25) is 0 Å². The van der Waals surface area contributed by atoms with Crippen LogP contribution in [-0.4, -0.2) is 35.9 Å². The number of thiocarbonyl (C=S) groups is 1. The maximum atomic E-state index is 12.5. The van der Waals surface area contributed by atoms with Gasteiger partial charge in [-0.25, -0.2) is 0 Å². The van der Waals surface area contributed by atoms with Gasteiger partial charge in [0.05, 0.1) is 0 Å². The monoisotopic (exact) mass is 403 g/mol. The maximum Gasteiger partial charge on any atom is 0.257 e. The molecule has 3 rings (SSSR count). The topological polar surface area (TPSA) is 61.4 Å². The Bertz CT molecular complexity index is 1030. The Balaban J connectivity index is 1.63. The van der Waals surface area contributed by atoms with Crippen molar-refractivity contribution in [1.29, 1.82) is 0 Å². The number of carbonyl (C=O) groups is 2. The number of amides is 2. The van der Waals surface area contributed by atoms with Gasteiger partial charge in [-0.15, -0.1) is 0 Å². The molecule has 6 heteroatoms. The predicted molar refractivity (Wildman–Crippen MR) is 120 cm³/mol. The molecule has 0 bridgehead atoms. The molecule has 3 aromatic rings. The van der Waals surface area contributed by atoms with E-state index in [1.165, 1.54) is 4.90 Å². The highest BCUT2D eigenvalue weighted by Gasteiger charge is 2.11. The van der Waals surface area contributed by atoms with Crippen molar-refractivity contribution in [3.8, 4) is 11.1 Å². The van der Waals surface area contributed by atoms with E-state index in [1.807, 2.05) is 42.5 Å². The molecule has 0 aromatic heterocycles. The second-order valence-electron chi connectivity index (χ2n) is 6.63. The average molecular weight is 404 g/mol. The van der Waals surface area contributed by atoms with Crippen molar-refractivity contribution in [2.24, 2.45) is 0 Å². The molecule has 29 heavy (non-hydrogen) atoms. The summed E-state index contributed by atoms with van der Waals surface area (Å²) in [5, 5.41) is 5.77. The Morgan fingerprint density at radius 2 is 1.45 bits per heavy atom. The lowest BCUT2D eigenvalue weighted by molar-refractivity contribution is 0.0827. The molecule has 0 saturated carbocycles. The summed E-state index contributed by atoms with van der Waals surface area (Å²) in [6.07, 6.45) is 0. The summed E-state index contributed by atoms with van der Waals surface area (Å²) in [5.41, 5.74) is 3.78. The van der Waals surface area contributed by atoms with Crippen LogP contribution in [0.5, 0.6) is 0 Å². The molecule has 0 unspecified atom stereocenters. The van der Waals surface area contributed by atoms with E-state index in [0.717, 1.165) is 11.1 Å². The molecule has 0 aliphatic rings. The van der Waals surface area contributed by atoms with E-state index in [4.69, 9.17) is 12.2 Å². The first-order chi connectivity index (χ1) is 13.9. The van der Waals surface area contributed by atoms with Crippen molar-refractivity contribution in [2.45, 2.75) is 0 Å². The average Bonchev–Trinajstić information content (AvgIpc) is 2.74. The van der Waals surface area contributed by atoms with Crippen molar-refractivity contribution >= 4 is 34.8 Å². The van der Waals surface area contributed by atoms with E-state index in [0.29, 0.717) is 16.8 Å². The first kappa shape index (κ1) is 20.2. The summed E-state index contributed by atoms with van der Waals surface area (Å²) in [4.78, 5) is 26.0. The molecule has 146 valence electrons. The van der Waals surface area contributed by atoms with E-state index in [-0.39, 0.29) is 16.9 Å². The highest BCUT2D eigenvalue weighted by Crippen LogP contribution is 2.19. The standard InChI is InChI=1S/C23H21N3O2S/c1-26(2)22(28)19-9-6-10-20(15-19)24-23(29)25-21(27)18-13-11-17(12-14-18)16-7-4-3-5-8-16/h3-15H,1-2H3,(H2,24,25,27,29). The second kappa shape index (κ2) is 9.12. The van der Waals surface area contributed by atoms with Gasteiger partial charge in [0, 0.05) is 30.9 Å². The predicted octanol–water partition coefficient (Wildman–Crippen LogP) is 4.18. The Kier molecular flexibility index (Phi) is 6.36. The lowest BCUT2D eigenvalue weighted by atomic mass is 10.0. The lowest BCUT2D eigenvalue weighted by Crippen LogP contribution is -2.34. The molecule has 0 atom stereocenters. The van der Waals surface area contributed by atoms with Gasteiger partial charge in [-0.3, -0.25) is 14.9 Å². The number of nitrogens with zero attached hydrogens (tertiary/aromatic N) is 1. The Labute approximate surface area is 175 Å². The Hall–Kier alpha value is -3.51. The Morgan fingerprint density at radius 3 is 2.10 bits per heavy atom. The zero-order valence-electron chi connectivity index (χ0n) is 16.2. The number of anilines is 1. The van der Waals surface area contributed by atoms with Crippen LogP contribution in [0, 0.1) is 0 Å². The first-order valence-corrected chi connectivity index (χ1v) is 9.44. The molecule has 0 aliphatic carbocycles. The summed E-state index contributed by atoms with van der Waals surface area (Å²) in [6, 6.07) is 24.2. The summed E-state index contributed by atoms with van der Waals surface area (Å²) in [6.45, 7) is 0. The van der Waals surface area contributed by atoms with Crippen molar-refractivity contribution in [2.75, 3.05) is 19.4 Å². The molecular weight excluding hydrogens is 382 g/mol. The lowest BCUT2D eigenvalue weighted by Gasteiger charge is -2.13. The number of hydrogen-bond donors (Lipinski definition) is 2. The van der Waals surface area contributed by atoms with Crippen LogP contribution in [0.15, 0.2) is 78.9 Å². The second-order valence-corrected chi connectivity index (χ2v) is 7.04. The fourth-order valence-electron chi connectivity index (χ4n) is 2.77. The van der Waals surface area contributed by atoms with Gasteiger partial charge in [-0.1, -0.05) is 48.5 Å². The van der Waals surface area contributed by atoms with E-state index in [1.54, 1.807) is 50.5 Å². The molecule has 0 heterocycles. The fraction of sp³-hybridized carbons (Fsp3) is 0.0870. The largest absolute Gasteiger partial charge is 0.345 e. The van der Waals surface area contributed by atoms with E-state index in [2.05, 4.69) is 10.6 Å². The summed E-state index contributed by atoms with van der Waals surface area (Å²) in [7, 11) is 3.38. The number of nitrogens with one attached hydrogen (secondary N) is 2. The quantitative estimate of drug-likeness (QED) is 0.642. The van der Waals surface area contributed by atoms with E-state index in [9.17, 15) is 9.59 Å². The zero-order chi connectivity index (χ0) is 20.8. The van der Waals surface area contributed by atoms with Gasteiger partial charge in [-0.2, -0.15) is 0 Å². The van der Waals surface area contributed by atoms with Crippen molar-refractivity contribution < 1.29 is 9.59 Å². The molecule has 0 radical (unpaired) electrons. The minimum Gasteiger partial charge on any atom is -0.345 e. The van der Waals surface area contributed by atoms with Gasteiger partial charge in [0.1, 0.15) is 0 Å². The molecule has 0 saturated heterocycles. The Morgan fingerprint density at radius 1 is 0.793 bits per heavy atom. The van der Waals surface area contributed by atoms with Crippen LogP contribution in [0.1, 0.15) is 20.7 Å². The van der Waals surface area contributed by atoms with E-state index < -0.39 is 0 Å². The van der Waals surface area contributed by atoms with Crippen molar-refractivity contribution in [3.63, 3.8) is 0 Å². The minimum absolute atomic E-state index is 0.109. The first-order valence-electron chi connectivity index (χ1n) is 9.03. The molecule has 0 aliphatic heterocycles. The molecule has 0 fully saturated rings. The minimum atomic E-state index is -0.303. The summed E-state index contributed by atoms with van der Waals surface area (Å²) in [5.74, 6) is -0.412. The molecular formula is C23H21N3O2S. The smallest absolute Gasteiger partial charge is 0.257 e. The van der Waals surface area contributed by atoms with Gasteiger partial charge in [0.25, 0.3) is 11.8 Å². The highest BCUT2D eigenvalue weighted by molar-refractivity contribution is 7.80. The van der Waals surface area contributed by atoms with Crippen LogP contribution in [0.4, 0.5) is 5.69 Å². The molecule has 0 spiro atoms. The summed E-state index contributed by atoms with van der Waals surface area (Å²) >= 11 is 5.24. The third-order valence-electron chi connectivity index (χ3n) is 4.25. The number of rotatable bonds is 4. The highest BCUT2D eigenvalue weighted by atomic mass is 32.1. The maximum absolute atomic E-state index is 12.5. The van der Waals surface area contributed by atoms with Crippen LogP contribution >= 0.6 is 12.2 Å². The number of benzene rings is 3. The number of carbonyl (C=O) groups excluding carboxylic acids is 2. The molecule has 2 N–H and O–H groups in total. The van der Waals surface area contributed by atoms with Crippen LogP contribution in [0.25, 0.3) is 11.1 Å². The van der Waals surface area contributed by atoms with Gasteiger partial charge in [0.15, 0.2) is 5.11 Å². The van der Waals surface area contributed by atoms with Gasteiger partial charge in [0.2, 0.25) is 0 Å². The third-order valence-corrected chi connectivity index (χ3v) is 4.46. The van der Waals surface area contributed by atoms with Crippen molar-refractivity contribution in [1.82, 2.24) is 10.2 Å². The SMILES string of the molecule is CN(C)C(=O)c1cccc(NC(=S)NC(=O)c2ccc(-c3ccccc3)cc2)c1. The zero-order valence-corrected chi connectivity index (χ0v) is 17.0. The molecule has 5 nitrogen and oxygen atoms in total. The normalized spacial score (nSPS) is 10.1. The van der Waals surface area contributed by atoms with Gasteiger partial charge < -0.3 is 10.2 Å². The van der Waals surface area contributed by atoms with Gasteiger partial charge >= 0.3 is 0 Å². The van der Waals surface area contributed by atoms with Gasteiger partial charge in [-0.05, 0) is 53.7 Å².